The van der Waals surface area contributed by atoms with Crippen molar-refractivity contribution in [2.24, 2.45) is 5.73 Å². The molecular formula is C34H32BNO3. The second kappa shape index (κ2) is 13.2. The first-order valence-corrected chi connectivity index (χ1v) is 12.8. The highest BCUT2D eigenvalue weighted by molar-refractivity contribution is 6.38. The maximum Gasteiger partial charge on any atom is 0.114 e. The third-order valence-corrected chi connectivity index (χ3v) is 6.57. The van der Waals surface area contributed by atoms with Crippen molar-refractivity contribution in [3.05, 3.63) is 127 Å². The predicted molar refractivity (Wildman–Crippen MR) is 162 cm³/mol. The van der Waals surface area contributed by atoms with Crippen molar-refractivity contribution in [2.75, 3.05) is 19.8 Å². The van der Waals surface area contributed by atoms with Gasteiger partial charge in [0, 0.05) is 0 Å². The lowest BCUT2D eigenvalue weighted by molar-refractivity contribution is 0.0698. The monoisotopic (exact) mass is 513 g/mol. The molecule has 4 nitrogen and oxygen atoms in total. The summed E-state index contributed by atoms with van der Waals surface area (Å²) < 4.78 is 0. The molecule has 5 aromatic rings. The summed E-state index contributed by atoms with van der Waals surface area (Å²) in [5, 5.41) is 25.0. The largest absolute Gasteiger partial charge is 0.394 e. The minimum atomic E-state index is -1.21. The van der Waals surface area contributed by atoms with Gasteiger partial charge in [0.1, 0.15) is 7.85 Å². The van der Waals surface area contributed by atoms with Crippen LogP contribution in [0.4, 0.5) is 0 Å². The number of rotatable bonds is 7. The first-order chi connectivity index (χ1) is 19.0. The van der Waals surface area contributed by atoms with E-state index in [4.69, 9.17) is 28.9 Å². The molecule has 0 saturated heterocycles. The Kier molecular flexibility index (Phi) is 9.47. The molecule has 0 amide bonds. The molecule has 39 heavy (non-hydrogen) atoms. The number of hydrogen-bond acceptors (Lipinski definition) is 4. The smallest absolute Gasteiger partial charge is 0.114 e. The molecule has 0 spiro atoms. The van der Waals surface area contributed by atoms with E-state index >= 15 is 0 Å². The van der Waals surface area contributed by atoms with E-state index in [1.165, 1.54) is 11.1 Å². The molecule has 0 aliphatic heterocycles. The van der Waals surface area contributed by atoms with Crippen molar-refractivity contribution in [3.63, 3.8) is 0 Å². The van der Waals surface area contributed by atoms with Crippen molar-refractivity contribution in [1.82, 2.24) is 0 Å². The minimum absolute atomic E-state index is 0.403. The summed E-state index contributed by atoms with van der Waals surface area (Å²) in [4.78, 5) is 0. The van der Waals surface area contributed by atoms with E-state index in [-0.39, 0.29) is 0 Å². The fraction of sp³-hybridized carbons (Fsp3) is 0.118. The highest BCUT2D eigenvalue weighted by Crippen LogP contribution is 2.44. The summed E-state index contributed by atoms with van der Waals surface area (Å²) >= 11 is 0. The van der Waals surface area contributed by atoms with E-state index in [2.05, 4.69) is 115 Å². The van der Waals surface area contributed by atoms with Gasteiger partial charge in [0.25, 0.3) is 0 Å². The molecule has 0 heterocycles. The highest BCUT2D eigenvalue weighted by Gasteiger charge is 2.21. The van der Waals surface area contributed by atoms with Crippen molar-refractivity contribution >= 4 is 13.3 Å². The van der Waals surface area contributed by atoms with Gasteiger partial charge in [-0.2, -0.15) is 0 Å². The normalized spacial score (nSPS) is 11.0. The summed E-state index contributed by atoms with van der Waals surface area (Å²) in [5.41, 5.74) is 13.9. The van der Waals surface area contributed by atoms with Crippen LogP contribution in [0, 0.1) is 0 Å². The maximum absolute atomic E-state index is 8.34. The van der Waals surface area contributed by atoms with Crippen LogP contribution >= 0.6 is 0 Å². The molecule has 0 fully saturated rings. The first-order valence-electron chi connectivity index (χ1n) is 12.8. The minimum Gasteiger partial charge on any atom is -0.394 e. The Morgan fingerprint density at radius 2 is 0.821 bits per heavy atom. The van der Waals surface area contributed by atoms with E-state index in [0.29, 0.717) is 0 Å². The van der Waals surface area contributed by atoms with E-state index in [1.807, 2.05) is 12.1 Å². The van der Waals surface area contributed by atoms with Crippen LogP contribution in [0.15, 0.2) is 127 Å². The zero-order valence-electron chi connectivity index (χ0n) is 21.7. The third-order valence-electron chi connectivity index (χ3n) is 6.57. The maximum atomic E-state index is 8.34. The quantitative estimate of drug-likeness (QED) is 0.235. The molecule has 0 unspecified atom stereocenters. The first kappa shape index (κ1) is 28.0. The SMILES string of the molecule is NC(CO)(CO)CO.[B]c1cc(-c2ccccc2)c(-c2ccccc2)c(-c2ccccc2)c1-c1ccccc1. The summed E-state index contributed by atoms with van der Waals surface area (Å²) in [6.07, 6.45) is 0. The van der Waals surface area contributed by atoms with Crippen LogP contribution in [-0.2, 0) is 0 Å². The zero-order valence-corrected chi connectivity index (χ0v) is 21.7. The molecule has 2 radical (unpaired) electrons. The van der Waals surface area contributed by atoms with E-state index < -0.39 is 25.4 Å². The molecule has 0 saturated carbocycles. The van der Waals surface area contributed by atoms with Crippen LogP contribution in [0.1, 0.15) is 0 Å². The van der Waals surface area contributed by atoms with Crippen LogP contribution in [0.2, 0.25) is 0 Å². The van der Waals surface area contributed by atoms with Gasteiger partial charge in [-0.05, 0) is 44.5 Å². The molecule has 5 rings (SSSR count). The lowest BCUT2D eigenvalue weighted by Gasteiger charge is -2.23. The van der Waals surface area contributed by atoms with Gasteiger partial charge in [0.2, 0.25) is 0 Å². The second-order valence-corrected chi connectivity index (χ2v) is 9.44. The van der Waals surface area contributed by atoms with Gasteiger partial charge in [-0.25, -0.2) is 0 Å². The Morgan fingerprint density at radius 3 is 1.18 bits per heavy atom. The molecule has 0 aliphatic carbocycles. The predicted octanol–water partition coefficient (Wildman–Crippen LogP) is 4.81. The van der Waals surface area contributed by atoms with Gasteiger partial charge < -0.3 is 21.1 Å². The molecule has 0 aromatic heterocycles. The molecule has 0 atom stereocenters. The average Bonchev–Trinajstić information content (AvgIpc) is 3.02. The molecule has 5 N–H and O–H groups in total. The molecule has 0 aliphatic rings. The number of aliphatic hydroxyl groups is 3. The summed E-state index contributed by atoms with van der Waals surface area (Å²) in [5.74, 6) is 0. The highest BCUT2D eigenvalue weighted by atomic mass is 16.3. The van der Waals surface area contributed by atoms with E-state index in [1.54, 1.807) is 0 Å². The summed E-state index contributed by atoms with van der Waals surface area (Å²) in [6, 6.07) is 44.2. The van der Waals surface area contributed by atoms with Crippen molar-refractivity contribution in [1.29, 1.82) is 0 Å². The Bertz CT molecular complexity index is 1450. The molecule has 5 heteroatoms. The molecule has 194 valence electrons. The third kappa shape index (κ3) is 6.54. The second-order valence-electron chi connectivity index (χ2n) is 9.44. The van der Waals surface area contributed by atoms with Crippen LogP contribution in [-0.4, -0.2) is 48.5 Å². The molecule has 5 aromatic carbocycles. The number of aliphatic hydroxyl groups excluding tert-OH is 3. The van der Waals surface area contributed by atoms with Gasteiger partial charge >= 0.3 is 0 Å². The van der Waals surface area contributed by atoms with Crippen LogP contribution in [0.5, 0.6) is 0 Å². The van der Waals surface area contributed by atoms with Gasteiger partial charge in [-0.3, -0.25) is 0 Å². The zero-order chi connectivity index (χ0) is 27.7. The van der Waals surface area contributed by atoms with Crippen LogP contribution < -0.4 is 11.2 Å². The number of benzene rings is 5. The van der Waals surface area contributed by atoms with Crippen LogP contribution in [0.25, 0.3) is 44.5 Å². The fourth-order valence-corrected chi connectivity index (χ4v) is 4.41. The van der Waals surface area contributed by atoms with Crippen molar-refractivity contribution in [3.8, 4) is 44.5 Å². The van der Waals surface area contributed by atoms with Gasteiger partial charge in [0.05, 0.1) is 25.4 Å². The fourth-order valence-electron chi connectivity index (χ4n) is 4.41. The standard InChI is InChI=1S/C30H21B.C4H11NO3/c31-27-21-26(22-13-5-1-6-14-22)28(23-15-7-2-8-16-23)30(25-19-11-4-12-20-25)29(27)24-17-9-3-10-18-24;5-4(1-6,2-7)3-8/h1-21H;6-8H,1-3,5H2. The lowest BCUT2D eigenvalue weighted by atomic mass is 9.75. The van der Waals surface area contributed by atoms with E-state index in [9.17, 15) is 0 Å². The Labute approximate surface area is 231 Å². The van der Waals surface area contributed by atoms with Gasteiger partial charge in [-0.15, -0.1) is 0 Å². The Balaban J connectivity index is 0.000000386. The average molecular weight is 513 g/mol. The van der Waals surface area contributed by atoms with Gasteiger partial charge in [0.15, 0.2) is 0 Å². The van der Waals surface area contributed by atoms with Crippen molar-refractivity contribution < 1.29 is 15.3 Å². The lowest BCUT2D eigenvalue weighted by Crippen LogP contribution is -2.50. The molecular weight excluding hydrogens is 481 g/mol. The van der Waals surface area contributed by atoms with Gasteiger partial charge in [-0.1, -0.05) is 133 Å². The molecule has 0 bridgehead atoms. The Morgan fingerprint density at radius 1 is 0.487 bits per heavy atom. The summed E-state index contributed by atoms with van der Waals surface area (Å²) in [7, 11) is 6.78. The Hall–Kier alpha value is -4.00. The van der Waals surface area contributed by atoms with Crippen LogP contribution in [0.3, 0.4) is 0 Å². The topological polar surface area (TPSA) is 86.7 Å². The number of nitrogens with two attached hydrogens (primary N) is 1. The summed E-state index contributed by atoms with van der Waals surface area (Å²) in [6.45, 7) is -1.21. The van der Waals surface area contributed by atoms with Crippen molar-refractivity contribution in [2.45, 2.75) is 5.54 Å². The number of hydrogen-bond donors (Lipinski definition) is 4. The van der Waals surface area contributed by atoms with E-state index in [0.717, 1.165) is 38.8 Å².